The van der Waals surface area contributed by atoms with Crippen LogP contribution in [0.4, 0.5) is 0 Å². The number of benzene rings is 1. The Labute approximate surface area is 97.7 Å². The summed E-state index contributed by atoms with van der Waals surface area (Å²) in [5.74, 6) is -1.68. The number of aliphatic carboxylic acids is 1. The normalized spacial score (nSPS) is 12.3. The minimum absolute atomic E-state index is 0.0427. The highest BCUT2D eigenvalue weighted by molar-refractivity contribution is 5.78. The first-order valence-electron chi connectivity index (χ1n) is 5.12. The van der Waals surface area contributed by atoms with Gasteiger partial charge in [-0.25, -0.2) is 4.68 Å². The van der Waals surface area contributed by atoms with Crippen molar-refractivity contribution >= 4 is 5.97 Å². The number of nitrogens with two attached hydrogens (primary N) is 1. The Kier molecular flexibility index (Phi) is 3.15. The van der Waals surface area contributed by atoms with Crippen LogP contribution in [0.1, 0.15) is 11.5 Å². The van der Waals surface area contributed by atoms with Gasteiger partial charge in [-0.05, 0) is 11.6 Å². The smallest absolute Gasteiger partial charge is 0.312 e. The van der Waals surface area contributed by atoms with Gasteiger partial charge in [-0.1, -0.05) is 23.4 Å². The maximum Gasteiger partial charge on any atom is 0.312 e. The van der Waals surface area contributed by atoms with Crippen LogP contribution in [-0.4, -0.2) is 32.6 Å². The van der Waals surface area contributed by atoms with Crippen LogP contribution in [0.15, 0.2) is 36.7 Å². The van der Waals surface area contributed by atoms with Gasteiger partial charge in [-0.2, -0.15) is 0 Å². The number of rotatable bonds is 4. The van der Waals surface area contributed by atoms with E-state index >= 15 is 0 Å². The van der Waals surface area contributed by atoms with E-state index in [9.17, 15) is 4.79 Å². The van der Waals surface area contributed by atoms with Gasteiger partial charge >= 0.3 is 5.97 Å². The highest BCUT2D eigenvalue weighted by Crippen LogP contribution is 2.22. The number of nitrogens with zero attached hydrogens (tertiary/aromatic N) is 3. The van der Waals surface area contributed by atoms with E-state index in [1.165, 1.54) is 10.9 Å². The molecule has 2 aromatic rings. The molecule has 2 rings (SSSR count). The summed E-state index contributed by atoms with van der Waals surface area (Å²) in [6, 6.07) is 7.12. The molecule has 1 aromatic heterocycles. The van der Waals surface area contributed by atoms with E-state index in [4.69, 9.17) is 10.8 Å². The summed E-state index contributed by atoms with van der Waals surface area (Å²) in [6.45, 7) is 0.0427. The molecule has 1 unspecified atom stereocenters. The van der Waals surface area contributed by atoms with Gasteiger partial charge in [0, 0.05) is 6.54 Å². The van der Waals surface area contributed by atoms with Crippen LogP contribution >= 0.6 is 0 Å². The van der Waals surface area contributed by atoms with Crippen molar-refractivity contribution in [2.45, 2.75) is 5.92 Å². The number of hydrogen-bond acceptors (Lipinski definition) is 4. The maximum absolute atomic E-state index is 11.1. The number of carboxylic acid groups (broad SMARTS) is 1. The molecule has 0 radical (unpaired) electrons. The van der Waals surface area contributed by atoms with Gasteiger partial charge in [0.15, 0.2) is 0 Å². The molecule has 88 valence electrons. The largest absolute Gasteiger partial charge is 0.481 e. The number of hydrogen-bond donors (Lipinski definition) is 2. The lowest BCUT2D eigenvalue weighted by molar-refractivity contribution is -0.138. The Morgan fingerprint density at radius 3 is 2.82 bits per heavy atom. The van der Waals surface area contributed by atoms with E-state index in [-0.39, 0.29) is 6.54 Å². The number of carboxylic acids is 1. The van der Waals surface area contributed by atoms with E-state index in [0.29, 0.717) is 11.3 Å². The lowest BCUT2D eigenvalue weighted by Gasteiger charge is -2.14. The predicted molar refractivity (Wildman–Crippen MR) is 60.8 cm³/mol. The average molecular weight is 232 g/mol. The van der Waals surface area contributed by atoms with Gasteiger partial charge in [-0.15, -0.1) is 5.10 Å². The van der Waals surface area contributed by atoms with E-state index < -0.39 is 11.9 Å². The highest BCUT2D eigenvalue weighted by atomic mass is 16.4. The fourth-order valence-electron chi connectivity index (χ4n) is 1.69. The van der Waals surface area contributed by atoms with Gasteiger partial charge in [-0.3, -0.25) is 4.79 Å². The lowest BCUT2D eigenvalue weighted by atomic mass is 9.97. The molecule has 0 bridgehead atoms. The van der Waals surface area contributed by atoms with Gasteiger partial charge < -0.3 is 10.8 Å². The predicted octanol–water partition coefficient (Wildman–Crippen LogP) is 0.394. The zero-order valence-corrected chi connectivity index (χ0v) is 9.02. The standard InChI is InChI=1S/C11H12N4O2/c12-7-9(11(16)17)8-3-1-2-4-10(8)15-6-5-13-14-15/h1-6,9H,7,12H2,(H,16,17). The molecule has 0 aliphatic rings. The molecule has 0 spiro atoms. The summed E-state index contributed by atoms with van der Waals surface area (Å²) in [4.78, 5) is 11.1. The third-order valence-corrected chi connectivity index (χ3v) is 2.52. The monoisotopic (exact) mass is 232 g/mol. The Morgan fingerprint density at radius 1 is 1.47 bits per heavy atom. The van der Waals surface area contributed by atoms with Gasteiger partial charge in [0.05, 0.1) is 24.0 Å². The summed E-state index contributed by atoms with van der Waals surface area (Å²) >= 11 is 0. The molecule has 17 heavy (non-hydrogen) atoms. The minimum atomic E-state index is -0.944. The van der Waals surface area contributed by atoms with Crippen LogP contribution in [0.3, 0.4) is 0 Å². The first-order chi connectivity index (χ1) is 8.24. The molecule has 0 aliphatic heterocycles. The molecule has 6 nitrogen and oxygen atoms in total. The Morgan fingerprint density at radius 2 is 2.24 bits per heavy atom. The summed E-state index contributed by atoms with van der Waals surface area (Å²) < 4.78 is 1.53. The van der Waals surface area contributed by atoms with Crippen molar-refractivity contribution in [2.24, 2.45) is 5.73 Å². The van der Waals surface area contributed by atoms with Crippen LogP contribution in [0, 0.1) is 0 Å². The Hall–Kier alpha value is -2.21. The molecule has 0 saturated carbocycles. The maximum atomic E-state index is 11.1. The SMILES string of the molecule is NCC(C(=O)O)c1ccccc1-n1ccnn1. The van der Waals surface area contributed by atoms with Crippen LogP contribution in [-0.2, 0) is 4.79 Å². The van der Waals surface area contributed by atoms with E-state index in [1.54, 1.807) is 24.4 Å². The third kappa shape index (κ3) is 2.16. The first kappa shape index (κ1) is 11.3. The van der Waals surface area contributed by atoms with E-state index in [0.717, 1.165) is 0 Å². The van der Waals surface area contributed by atoms with E-state index in [1.807, 2.05) is 6.07 Å². The molecular formula is C11H12N4O2. The molecule has 1 atom stereocenters. The van der Waals surface area contributed by atoms with Crippen molar-refractivity contribution in [3.8, 4) is 5.69 Å². The lowest BCUT2D eigenvalue weighted by Crippen LogP contribution is -2.22. The van der Waals surface area contributed by atoms with Gasteiger partial charge in [0.1, 0.15) is 0 Å². The van der Waals surface area contributed by atoms with Crippen molar-refractivity contribution in [1.29, 1.82) is 0 Å². The highest BCUT2D eigenvalue weighted by Gasteiger charge is 2.21. The number of aromatic nitrogens is 3. The second-order valence-corrected chi connectivity index (χ2v) is 3.53. The number of carbonyl (C=O) groups is 1. The molecule has 0 fully saturated rings. The topological polar surface area (TPSA) is 94.0 Å². The molecule has 6 heteroatoms. The molecule has 0 aliphatic carbocycles. The summed E-state index contributed by atoms with van der Waals surface area (Å²) in [6.07, 6.45) is 3.20. The molecule has 1 aromatic carbocycles. The second kappa shape index (κ2) is 4.75. The minimum Gasteiger partial charge on any atom is -0.481 e. The van der Waals surface area contributed by atoms with Crippen molar-refractivity contribution in [1.82, 2.24) is 15.0 Å². The zero-order valence-electron chi connectivity index (χ0n) is 9.02. The summed E-state index contributed by atoms with van der Waals surface area (Å²) in [5.41, 5.74) is 6.82. The van der Waals surface area contributed by atoms with Crippen LogP contribution < -0.4 is 5.73 Å². The van der Waals surface area contributed by atoms with Crippen molar-refractivity contribution in [3.05, 3.63) is 42.2 Å². The fraction of sp³-hybridized carbons (Fsp3) is 0.182. The fourth-order valence-corrected chi connectivity index (χ4v) is 1.69. The molecule has 0 amide bonds. The Bertz CT molecular complexity index is 510. The third-order valence-electron chi connectivity index (χ3n) is 2.52. The quantitative estimate of drug-likeness (QED) is 0.795. The van der Waals surface area contributed by atoms with Crippen LogP contribution in [0.5, 0.6) is 0 Å². The zero-order chi connectivity index (χ0) is 12.3. The summed E-state index contributed by atoms with van der Waals surface area (Å²) in [5, 5.41) is 16.7. The van der Waals surface area contributed by atoms with Crippen LogP contribution in [0.2, 0.25) is 0 Å². The number of para-hydroxylation sites is 1. The van der Waals surface area contributed by atoms with E-state index in [2.05, 4.69) is 10.3 Å². The first-order valence-corrected chi connectivity index (χ1v) is 5.12. The van der Waals surface area contributed by atoms with Gasteiger partial charge in [0.25, 0.3) is 0 Å². The van der Waals surface area contributed by atoms with Crippen molar-refractivity contribution in [2.75, 3.05) is 6.54 Å². The van der Waals surface area contributed by atoms with Crippen molar-refractivity contribution in [3.63, 3.8) is 0 Å². The average Bonchev–Trinajstić information content (AvgIpc) is 2.83. The molecule has 1 heterocycles. The Balaban J connectivity index is 2.51. The summed E-state index contributed by atoms with van der Waals surface area (Å²) in [7, 11) is 0. The van der Waals surface area contributed by atoms with Gasteiger partial charge in [0.2, 0.25) is 0 Å². The molecular weight excluding hydrogens is 220 g/mol. The second-order valence-electron chi connectivity index (χ2n) is 3.53. The van der Waals surface area contributed by atoms with Crippen LogP contribution in [0.25, 0.3) is 5.69 Å². The molecule has 3 N–H and O–H groups in total. The van der Waals surface area contributed by atoms with Crippen molar-refractivity contribution < 1.29 is 9.90 Å². The molecule has 0 saturated heterocycles.